The third-order valence-electron chi connectivity index (χ3n) is 4.20. The molecule has 0 saturated heterocycles. The quantitative estimate of drug-likeness (QED) is 0.749. The lowest BCUT2D eigenvalue weighted by Gasteiger charge is -2.26. The maximum atomic E-state index is 13.5. The van der Waals surface area contributed by atoms with Gasteiger partial charge in [-0.25, -0.2) is 21.9 Å². The zero-order valence-corrected chi connectivity index (χ0v) is 17.4. The monoisotopic (exact) mass is 430 g/mol. The molecule has 28 heavy (non-hydrogen) atoms. The predicted octanol–water partition coefficient (Wildman–Crippen LogP) is 4.14. The number of benzene rings is 2. The highest BCUT2D eigenvalue weighted by atomic mass is 35.5. The Hall–Kier alpha value is -2.03. The lowest BCUT2D eigenvalue weighted by molar-refractivity contribution is 0.0742. The van der Waals surface area contributed by atoms with Crippen molar-refractivity contribution in [1.82, 2.24) is 9.62 Å². The first-order valence-electron chi connectivity index (χ1n) is 8.48. The van der Waals surface area contributed by atoms with E-state index in [-0.39, 0.29) is 21.5 Å². The molecule has 0 spiro atoms. The Kier molecular flexibility index (Phi) is 6.80. The number of hydrogen-bond donors (Lipinski definition) is 1. The molecule has 0 aliphatic rings. The van der Waals surface area contributed by atoms with Crippen molar-refractivity contribution in [2.24, 2.45) is 0 Å². The van der Waals surface area contributed by atoms with Crippen molar-refractivity contribution in [3.8, 4) is 0 Å². The van der Waals surface area contributed by atoms with E-state index >= 15 is 0 Å². The molecule has 0 aliphatic carbocycles. The lowest BCUT2D eigenvalue weighted by Crippen LogP contribution is -2.32. The molecule has 0 fully saturated rings. The molecule has 0 bridgehead atoms. The maximum absolute atomic E-state index is 13.5. The van der Waals surface area contributed by atoms with Gasteiger partial charge in [0, 0.05) is 13.1 Å². The van der Waals surface area contributed by atoms with Crippen molar-refractivity contribution in [2.75, 3.05) is 7.05 Å². The Morgan fingerprint density at radius 1 is 1.07 bits per heavy atom. The maximum Gasteiger partial charge on any atom is 0.255 e. The smallest absolute Gasteiger partial charge is 0.255 e. The fraction of sp³-hybridized carbons (Fsp3) is 0.316. The van der Waals surface area contributed by atoms with Crippen molar-refractivity contribution < 1.29 is 22.0 Å². The van der Waals surface area contributed by atoms with Crippen LogP contribution in [0.15, 0.2) is 41.3 Å². The minimum absolute atomic E-state index is 0.00904. The minimum atomic E-state index is -3.81. The van der Waals surface area contributed by atoms with Gasteiger partial charge < -0.3 is 4.90 Å². The van der Waals surface area contributed by atoms with E-state index in [9.17, 15) is 22.0 Å². The standard InChI is InChI=1S/C19H21ClF2N2O3S/c1-11(2)23-28(26,27)14-6-7-16(20)15(10-14)19(25)24(4)12(3)13-5-8-17(21)18(22)9-13/h5-12,23H,1-4H3. The molecule has 1 unspecified atom stereocenters. The van der Waals surface area contributed by atoms with Gasteiger partial charge >= 0.3 is 0 Å². The Morgan fingerprint density at radius 3 is 2.29 bits per heavy atom. The molecule has 2 rings (SSSR count). The van der Waals surface area contributed by atoms with Gasteiger partial charge in [0.2, 0.25) is 10.0 Å². The van der Waals surface area contributed by atoms with Gasteiger partial charge in [0.25, 0.3) is 5.91 Å². The van der Waals surface area contributed by atoms with E-state index in [1.165, 1.54) is 36.2 Å². The van der Waals surface area contributed by atoms with Gasteiger partial charge in [-0.1, -0.05) is 17.7 Å². The van der Waals surface area contributed by atoms with Crippen molar-refractivity contribution >= 4 is 27.5 Å². The zero-order chi connectivity index (χ0) is 21.2. The third-order valence-corrected chi connectivity index (χ3v) is 6.18. The van der Waals surface area contributed by atoms with E-state index in [0.29, 0.717) is 5.56 Å². The van der Waals surface area contributed by atoms with Crippen molar-refractivity contribution in [1.29, 1.82) is 0 Å². The highest BCUT2D eigenvalue weighted by Crippen LogP contribution is 2.26. The predicted molar refractivity (Wildman–Crippen MR) is 104 cm³/mol. The Balaban J connectivity index is 2.37. The van der Waals surface area contributed by atoms with Gasteiger partial charge in [-0.2, -0.15) is 0 Å². The second kappa shape index (κ2) is 8.55. The molecule has 0 radical (unpaired) electrons. The Bertz CT molecular complexity index is 997. The number of rotatable bonds is 6. The molecule has 0 saturated carbocycles. The van der Waals surface area contributed by atoms with Crippen LogP contribution in [0.25, 0.3) is 0 Å². The van der Waals surface area contributed by atoms with Crippen LogP contribution in [-0.4, -0.2) is 32.3 Å². The second-order valence-electron chi connectivity index (χ2n) is 6.68. The molecule has 2 aromatic rings. The number of amides is 1. The number of nitrogens with one attached hydrogen (secondary N) is 1. The number of halogens is 3. The van der Waals surface area contributed by atoms with E-state index < -0.39 is 33.6 Å². The molecule has 9 heteroatoms. The van der Waals surface area contributed by atoms with E-state index in [1.54, 1.807) is 20.8 Å². The Labute approximate surface area is 168 Å². The first kappa shape index (κ1) is 22.3. The fourth-order valence-corrected chi connectivity index (χ4v) is 4.05. The summed E-state index contributed by atoms with van der Waals surface area (Å²) in [7, 11) is -2.34. The third kappa shape index (κ3) is 4.87. The van der Waals surface area contributed by atoms with Crippen LogP contribution in [0.5, 0.6) is 0 Å². The summed E-state index contributed by atoms with van der Waals surface area (Å²) < 4.78 is 53.8. The molecular weight excluding hydrogens is 410 g/mol. The number of nitrogens with zero attached hydrogens (tertiary/aromatic N) is 1. The Morgan fingerprint density at radius 2 is 1.71 bits per heavy atom. The topological polar surface area (TPSA) is 66.5 Å². The molecule has 1 amide bonds. The van der Waals surface area contributed by atoms with E-state index in [0.717, 1.165) is 12.1 Å². The van der Waals surface area contributed by atoms with E-state index in [1.807, 2.05) is 0 Å². The van der Waals surface area contributed by atoms with Gasteiger partial charge in [0.1, 0.15) is 0 Å². The summed E-state index contributed by atoms with van der Waals surface area (Å²) in [6, 6.07) is 6.29. The highest BCUT2D eigenvalue weighted by Gasteiger charge is 2.24. The molecule has 1 N–H and O–H groups in total. The van der Waals surface area contributed by atoms with E-state index in [2.05, 4.69) is 4.72 Å². The molecule has 2 aromatic carbocycles. The SMILES string of the molecule is CC(C)NS(=O)(=O)c1ccc(Cl)c(C(=O)N(C)C(C)c2ccc(F)c(F)c2)c1. The van der Waals surface area contributed by atoms with Crippen LogP contribution in [-0.2, 0) is 10.0 Å². The molecule has 0 heterocycles. The summed E-state index contributed by atoms with van der Waals surface area (Å²) in [5, 5.41) is 0.0813. The normalized spacial score (nSPS) is 12.9. The number of hydrogen-bond acceptors (Lipinski definition) is 3. The van der Waals surface area contributed by atoms with Crippen LogP contribution in [0.2, 0.25) is 5.02 Å². The van der Waals surface area contributed by atoms with Gasteiger partial charge in [-0.3, -0.25) is 4.79 Å². The van der Waals surface area contributed by atoms with Crippen LogP contribution >= 0.6 is 11.6 Å². The summed E-state index contributed by atoms with van der Waals surface area (Å²) in [4.78, 5) is 14.1. The van der Waals surface area contributed by atoms with Crippen molar-refractivity contribution in [3.05, 3.63) is 64.2 Å². The van der Waals surface area contributed by atoms with Crippen molar-refractivity contribution in [3.63, 3.8) is 0 Å². The molecule has 1 atom stereocenters. The average Bonchev–Trinajstić information content (AvgIpc) is 2.61. The van der Waals surface area contributed by atoms with Crippen LogP contribution < -0.4 is 4.72 Å². The molecule has 152 valence electrons. The number of sulfonamides is 1. The van der Waals surface area contributed by atoms with Crippen LogP contribution in [0.4, 0.5) is 8.78 Å². The number of carbonyl (C=O) groups excluding carboxylic acids is 1. The largest absolute Gasteiger partial charge is 0.335 e. The van der Waals surface area contributed by atoms with Crippen LogP contribution in [0, 0.1) is 11.6 Å². The first-order valence-corrected chi connectivity index (χ1v) is 10.3. The summed E-state index contributed by atoms with van der Waals surface area (Å²) in [5.74, 6) is -2.55. The summed E-state index contributed by atoms with van der Waals surface area (Å²) in [5.41, 5.74) is 0.376. The summed E-state index contributed by atoms with van der Waals surface area (Å²) in [6.45, 7) is 4.99. The average molecular weight is 431 g/mol. The molecule has 0 aromatic heterocycles. The van der Waals surface area contributed by atoms with Gasteiger partial charge in [0.05, 0.1) is 21.5 Å². The second-order valence-corrected chi connectivity index (χ2v) is 8.80. The lowest BCUT2D eigenvalue weighted by atomic mass is 10.1. The van der Waals surface area contributed by atoms with Crippen LogP contribution in [0.1, 0.15) is 42.7 Å². The van der Waals surface area contributed by atoms with Gasteiger partial charge in [-0.15, -0.1) is 0 Å². The van der Waals surface area contributed by atoms with Crippen LogP contribution in [0.3, 0.4) is 0 Å². The van der Waals surface area contributed by atoms with Gasteiger partial charge in [0.15, 0.2) is 11.6 Å². The molecular formula is C19H21ClF2N2O3S. The highest BCUT2D eigenvalue weighted by molar-refractivity contribution is 7.89. The van der Waals surface area contributed by atoms with E-state index in [4.69, 9.17) is 11.6 Å². The van der Waals surface area contributed by atoms with Crippen molar-refractivity contribution in [2.45, 2.75) is 37.8 Å². The molecule has 0 aliphatic heterocycles. The number of carbonyl (C=O) groups is 1. The minimum Gasteiger partial charge on any atom is -0.335 e. The molecule has 5 nitrogen and oxygen atoms in total. The van der Waals surface area contributed by atoms with Gasteiger partial charge in [-0.05, 0) is 56.7 Å². The summed E-state index contributed by atoms with van der Waals surface area (Å²) >= 11 is 6.12. The first-order chi connectivity index (χ1) is 12.9. The fourth-order valence-electron chi connectivity index (χ4n) is 2.58. The summed E-state index contributed by atoms with van der Waals surface area (Å²) in [6.07, 6.45) is 0. The zero-order valence-electron chi connectivity index (χ0n) is 15.8.